The fourth-order valence-corrected chi connectivity index (χ4v) is 2.57. The molecule has 0 atom stereocenters. The molecule has 0 radical (unpaired) electrons. The molecule has 0 bridgehead atoms. The molecular weight excluding hydrogens is 264 g/mol. The fraction of sp³-hybridized carbons (Fsp3) is 0.333. The van der Waals surface area contributed by atoms with E-state index in [9.17, 15) is 9.90 Å². The summed E-state index contributed by atoms with van der Waals surface area (Å²) in [6.07, 6.45) is 4.18. The molecule has 19 heavy (non-hydrogen) atoms. The summed E-state index contributed by atoms with van der Waals surface area (Å²) in [4.78, 5) is 19.8. The standard InChI is InChI=1S/C12H14N4O2S/c1-3-9-14-8(2)10(12(17)18)11(15-9)19-7-16-6-4-5-13-16/h4-6H,3,7H2,1-2H3,(H,17,18). The molecule has 0 saturated heterocycles. The number of aromatic carboxylic acids is 1. The van der Waals surface area contributed by atoms with Gasteiger partial charge in [-0.1, -0.05) is 18.7 Å². The topological polar surface area (TPSA) is 80.9 Å². The highest BCUT2D eigenvalue weighted by molar-refractivity contribution is 7.98. The molecule has 0 fully saturated rings. The van der Waals surface area contributed by atoms with Crippen molar-refractivity contribution in [2.24, 2.45) is 0 Å². The van der Waals surface area contributed by atoms with E-state index < -0.39 is 5.97 Å². The Balaban J connectivity index is 2.30. The zero-order chi connectivity index (χ0) is 13.8. The molecule has 7 heteroatoms. The van der Waals surface area contributed by atoms with E-state index in [0.717, 1.165) is 0 Å². The Morgan fingerprint density at radius 1 is 1.47 bits per heavy atom. The van der Waals surface area contributed by atoms with E-state index in [1.807, 2.05) is 19.2 Å². The molecule has 1 N–H and O–H groups in total. The molecule has 0 spiro atoms. The number of hydrogen-bond acceptors (Lipinski definition) is 5. The van der Waals surface area contributed by atoms with Gasteiger partial charge in [0, 0.05) is 18.8 Å². The average Bonchev–Trinajstić information content (AvgIpc) is 2.88. The summed E-state index contributed by atoms with van der Waals surface area (Å²) < 4.78 is 1.72. The van der Waals surface area contributed by atoms with E-state index in [1.165, 1.54) is 11.8 Å². The molecule has 0 aliphatic carbocycles. The van der Waals surface area contributed by atoms with Crippen LogP contribution >= 0.6 is 11.8 Å². The lowest BCUT2D eigenvalue weighted by molar-refractivity contribution is 0.0690. The van der Waals surface area contributed by atoms with Gasteiger partial charge in [0.1, 0.15) is 16.4 Å². The number of carbonyl (C=O) groups is 1. The van der Waals surface area contributed by atoms with E-state index in [4.69, 9.17) is 0 Å². The van der Waals surface area contributed by atoms with Gasteiger partial charge in [-0.25, -0.2) is 14.8 Å². The maximum atomic E-state index is 11.3. The number of thioether (sulfide) groups is 1. The van der Waals surface area contributed by atoms with Gasteiger partial charge in [0.05, 0.1) is 11.6 Å². The summed E-state index contributed by atoms with van der Waals surface area (Å²) in [6.45, 7) is 3.64. The van der Waals surface area contributed by atoms with Crippen LogP contribution in [0.3, 0.4) is 0 Å². The van der Waals surface area contributed by atoms with Crippen LogP contribution in [0.15, 0.2) is 23.5 Å². The van der Waals surface area contributed by atoms with Crippen LogP contribution in [0.1, 0.15) is 28.8 Å². The van der Waals surface area contributed by atoms with Gasteiger partial charge in [-0.3, -0.25) is 4.68 Å². The molecule has 0 aromatic carbocycles. The first-order chi connectivity index (χ1) is 9.11. The normalized spacial score (nSPS) is 10.6. The maximum absolute atomic E-state index is 11.3. The summed E-state index contributed by atoms with van der Waals surface area (Å²) >= 11 is 1.35. The minimum atomic E-state index is -0.997. The van der Waals surface area contributed by atoms with Gasteiger partial charge in [-0.15, -0.1) is 0 Å². The first-order valence-electron chi connectivity index (χ1n) is 5.82. The lowest BCUT2D eigenvalue weighted by atomic mass is 10.2. The molecule has 0 unspecified atom stereocenters. The van der Waals surface area contributed by atoms with Gasteiger partial charge in [0.25, 0.3) is 0 Å². The van der Waals surface area contributed by atoms with E-state index >= 15 is 0 Å². The highest BCUT2D eigenvalue weighted by Crippen LogP contribution is 2.24. The van der Waals surface area contributed by atoms with Crippen molar-refractivity contribution in [1.29, 1.82) is 0 Å². The molecule has 2 heterocycles. The summed E-state index contributed by atoms with van der Waals surface area (Å²) in [5.74, 6) is 0.181. The van der Waals surface area contributed by atoms with Crippen molar-refractivity contribution in [1.82, 2.24) is 19.7 Å². The van der Waals surface area contributed by atoms with Crippen LogP contribution in [0.4, 0.5) is 0 Å². The molecule has 0 saturated carbocycles. The van der Waals surface area contributed by atoms with Crippen LogP contribution in [0.2, 0.25) is 0 Å². The average molecular weight is 278 g/mol. The lowest BCUT2D eigenvalue weighted by Crippen LogP contribution is -2.10. The molecule has 0 aliphatic heterocycles. The van der Waals surface area contributed by atoms with Crippen LogP contribution in [-0.4, -0.2) is 30.8 Å². The van der Waals surface area contributed by atoms with E-state index in [-0.39, 0.29) is 5.56 Å². The smallest absolute Gasteiger partial charge is 0.340 e. The SMILES string of the molecule is CCc1nc(C)c(C(=O)O)c(SCn2cccn2)n1. The number of carboxylic acid groups (broad SMARTS) is 1. The van der Waals surface area contributed by atoms with Gasteiger partial charge >= 0.3 is 5.97 Å². The first kappa shape index (κ1) is 13.5. The first-order valence-corrected chi connectivity index (χ1v) is 6.81. The predicted molar refractivity (Wildman–Crippen MR) is 71.2 cm³/mol. The van der Waals surface area contributed by atoms with Crippen molar-refractivity contribution in [3.8, 4) is 0 Å². The van der Waals surface area contributed by atoms with Gasteiger partial charge in [-0.2, -0.15) is 5.10 Å². The van der Waals surface area contributed by atoms with Crippen molar-refractivity contribution in [3.63, 3.8) is 0 Å². The Labute approximate surface area is 114 Å². The number of nitrogens with zero attached hydrogens (tertiary/aromatic N) is 4. The number of aromatic nitrogens is 4. The van der Waals surface area contributed by atoms with Crippen LogP contribution < -0.4 is 0 Å². The lowest BCUT2D eigenvalue weighted by Gasteiger charge is -2.09. The largest absolute Gasteiger partial charge is 0.478 e. The molecule has 2 rings (SSSR count). The molecule has 100 valence electrons. The van der Waals surface area contributed by atoms with Gasteiger partial charge in [0.2, 0.25) is 0 Å². The number of rotatable bonds is 5. The number of carboxylic acids is 1. The number of hydrogen-bond donors (Lipinski definition) is 1. The Kier molecular flexibility index (Phi) is 4.16. The van der Waals surface area contributed by atoms with Gasteiger partial charge in [-0.05, 0) is 13.0 Å². The maximum Gasteiger partial charge on any atom is 0.340 e. The highest BCUT2D eigenvalue weighted by Gasteiger charge is 2.18. The summed E-state index contributed by atoms with van der Waals surface area (Å²) in [7, 11) is 0. The van der Waals surface area contributed by atoms with Crippen molar-refractivity contribution >= 4 is 17.7 Å². The third-order valence-corrected chi connectivity index (χ3v) is 3.49. The molecule has 0 aliphatic rings. The van der Waals surface area contributed by atoms with Crippen molar-refractivity contribution in [2.45, 2.75) is 31.2 Å². The second-order valence-corrected chi connectivity index (χ2v) is 4.82. The van der Waals surface area contributed by atoms with Crippen LogP contribution in [0.25, 0.3) is 0 Å². The molecule has 2 aromatic heterocycles. The molecule has 6 nitrogen and oxygen atoms in total. The Bertz CT molecular complexity index is 584. The Morgan fingerprint density at radius 3 is 2.84 bits per heavy atom. The van der Waals surface area contributed by atoms with E-state index in [1.54, 1.807) is 17.8 Å². The quantitative estimate of drug-likeness (QED) is 0.665. The van der Waals surface area contributed by atoms with Gasteiger partial charge < -0.3 is 5.11 Å². The van der Waals surface area contributed by atoms with Crippen molar-refractivity contribution < 1.29 is 9.90 Å². The second-order valence-electron chi connectivity index (χ2n) is 3.88. The minimum Gasteiger partial charge on any atom is -0.478 e. The number of aryl methyl sites for hydroxylation is 2. The Hall–Kier alpha value is -1.89. The highest BCUT2D eigenvalue weighted by atomic mass is 32.2. The fourth-order valence-electron chi connectivity index (χ4n) is 1.62. The molecule has 2 aromatic rings. The third-order valence-electron chi connectivity index (χ3n) is 2.53. The Morgan fingerprint density at radius 2 is 2.26 bits per heavy atom. The third kappa shape index (κ3) is 3.11. The second kappa shape index (κ2) is 5.83. The predicted octanol–water partition coefficient (Wildman–Crippen LogP) is 1.99. The summed E-state index contributed by atoms with van der Waals surface area (Å²) in [5.41, 5.74) is 0.677. The van der Waals surface area contributed by atoms with Crippen molar-refractivity contribution in [2.75, 3.05) is 0 Å². The van der Waals surface area contributed by atoms with E-state index in [0.29, 0.717) is 28.8 Å². The zero-order valence-electron chi connectivity index (χ0n) is 10.7. The molecular formula is C12H14N4O2S. The zero-order valence-corrected chi connectivity index (χ0v) is 11.5. The minimum absolute atomic E-state index is 0.175. The van der Waals surface area contributed by atoms with Crippen LogP contribution in [0.5, 0.6) is 0 Å². The summed E-state index contributed by atoms with van der Waals surface area (Å²) in [5, 5.41) is 13.8. The van der Waals surface area contributed by atoms with Gasteiger partial charge in [0.15, 0.2) is 0 Å². The van der Waals surface area contributed by atoms with Crippen LogP contribution in [0, 0.1) is 6.92 Å². The van der Waals surface area contributed by atoms with E-state index in [2.05, 4.69) is 15.1 Å². The monoisotopic (exact) mass is 278 g/mol. The molecule has 0 amide bonds. The van der Waals surface area contributed by atoms with Crippen LogP contribution in [-0.2, 0) is 12.3 Å². The van der Waals surface area contributed by atoms with Crippen molar-refractivity contribution in [3.05, 3.63) is 35.5 Å². The summed E-state index contributed by atoms with van der Waals surface area (Å²) in [6, 6.07) is 1.82.